The van der Waals surface area contributed by atoms with E-state index in [1.165, 1.54) is 11.1 Å². The summed E-state index contributed by atoms with van der Waals surface area (Å²) >= 11 is 13.0. The number of benzene rings is 2. The van der Waals surface area contributed by atoms with E-state index in [2.05, 4.69) is 28.5 Å². The van der Waals surface area contributed by atoms with Crippen molar-refractivity contribution < 1.29 is 4.79 Å². The third-order valence-electron chi connectivity index (χ3n) is 7.56. The van der Waals surface area contributed by atoms with Crippen molar-refractivity contribution in [3.05, 3.63) is 76.3 Å². The van der Waals surface area contributed by atoms with Crippen LogP contribution in [0.15, 0.2) is 55.1 Å². The first-order chi connectivity index (χ1) is 15.5. The van der Waals surface area contributed by atoms with E-state index in [9.17, 15) is 4.79 Å². The smallest absolute Gasteiger partial charge is 0.250 e. The lowest BCUT2D eigenvalue weighted by Gasteiger charge is -2.46. The van der Waals surface area contributed by atoms with E-state index < -0.39 is 5.54 Å². The lowest BCUT2D eigenvalue weighted by Crippen LogP contribution is -2.58. The largest absolute Gasteiger partial charge is 0.339 e. The van der Waals surface area contributed by atoms with Crippen molar-refractivity contribution in [3.8, 4) is 0 Å². The maximum atomic E-state index is 13.6. The number of carbonyl (C=O) groups excluding carboxylic acids is 1. The molecule has 1 amide bonds. The van der Waals surface area contributed by atoms with Crippen molar-refractivity contribution in [2.24, 2.45) is 0 Å². The van der Waals surface area contributed by atoms with Crippen LogP contribution in [-0.4, -0.2) is 53.6 Å². The van der Waals surface area contributed by atoms with E-state index in [0.29, 0.717) is 19.3 Å². The van der Waals surface area contributed by atoms with Crippen LogP contribution in [0.5, 0.6) is 0 Å². The van der Waals surface area contributed by atoms with E-state index in [1.807, 2.05) is 41.3 Å². The zero-order chi connectivity index (χ0) is 22.3. The standard InChI is InChI=1S/C26H29Cl2N3O.ClH/c1-2-14-30-18-31(19-6-4-3-5-7-19)26(25(30)32)12-15-29(16-13-26)20-8-9-21-22(17-20)24(28)11-10-23(21)27;/h2-7,10-11,20H,1,8-9,12-18H2;1H. The van der Waals surface area contributed by atoms with Gasteiger partial charge in [-0.05, 0) is 67.5 Å². The molecular weight excluding hydrogens is 477 g/mol. The van der Waals surface area contributed by atoms with Crippen molar-refractivity contribution >= 4 is 47.2 Å². The van der Waals surface area contributed by atoms with Gasteiger partial charge in [0.1, 0.15) is 5.54 Å². The zero-order valence-corrected chi connectivity index (χ0v) is 21.0. The van der Waals surface area contributed by atoms with Crippen molar-refractivity contribution in [3.63, 3.8) is 0 Å². The average Bonchev–Trinajstić information content (AvgIpc) is 3.09. The van der Waals surface area contributed by atoms with Crippen LogP contribution in [0.2, 0.25) is 10.0 Å². The van der Waals surface area contributed by atoms with Gasteiger partial charge >= 0.3 is 0 Å². The maximum absolute atomic E-state index is 13.6. The molecule has 1 spiro atoms. The maximum Gasteiger partial charge on any atom is 0.250 e. The Morgan fingerprint density at radius 3 is 2.36 bits per heavy atom. The molecule has 2 saturated heterocycles. The molecule has 0 N–H and O–H groups in total. The fourth-order valence-corrected chi connectivity index (χ4v) is 6.37. The quantitative estimate of drug-likeness (QED) is 0.505. The summed E-state index contributed by atoms with van der Waals surface area (Å²) < 4.78 is 0. The number of hydrogen-bond acceptors (Lipinski definition) is 3. The van der Waals surface area contributed by atoms with Crippen LogP contribution in [0, 0.1) is 0 Å². The third kappa shape index (κ3) is 4.27. The van der Waals surface area contributed by atoms with Crippen LogP contribution < -0.4 is 4.90 Å². The highest BCUT2D eigenvalue weighted by Crippen LogP contribution is 2.41. The van der Waals surface area contributed by atoms with Crippen LogP contribution in [-0.2, 0) is 17.6 Å². The number of rotatable bonds is 4. The monoisotopic (exact) mass is 505 g/mol. The van der Waals surface area contributed by atoms with Gasteiger partial charge in [-0.3, -0.25) is 9.69 Å². The van der Waals surface area contributed by atoms with Crippen molar-refractivity contribution in [1.82, 2.24) is 9.80 Å². The number of likely N-dealkylation sites (tertiary alicyclic amines) is 1. The van der Waals surface area contributed by atoms with Crippen LogP contribution >= 0.6 is 35.6 Å². The molecule has 2 aliphatic heterocycles. The second-order valence-electron chi connectivity index (χ2n) is 9.17. The highest BCUT2D eigenvalue weighted by Gasteiger charge is 2.53. The molecule has 0 saturated carbocycles. The molecule has 0 bridgehead atoms. The van der Waals surface area contributed by atoms with Gasteiger partial charge in [0, 0.05) is 41.4 Å². The van der Waals surface area contributed by atoms with E-state index in [-0.39, 0.29) is 18.3 Å². The molecule has 3 aliphatic rings. The van der Waals surface area contributed by atoms with Crippen LogP contribution in [0.1, 0.15) is 30.4 Å². The Hall–Kier alpha value is -1.72. The number of anilines is 1. The van der Waals surface area contributed by atoms with Crippen LogP contribution in [0.25, 0.3) is 0 Å². The predicted octanol–water partition coefficient (Wildman–Crippen LogP) is 5.60. The van der Waals surface area contributed by atoms with Gasteiger partial charge in [0.15, 0.2) is 0 Å². The second-order valence-corrected chi connectivity index (χ2v) is 9.99. The number of piperidine rings is 1. The molecular formula is C26H30Cl3N3O. The summed E-state index contributed by atoms with van der Waals surface area (Å²) in [5, 5.41) is 1.65. The first-order valence-electron chi connectivity index (χ1n) is 11.5. The van der Waals surface area contributed by atoms with Crippen molar-refractivity contribution in [1.29, 1.82) is 0 Å². The Morgan fingerprint density at radius 2 is 1.70 bits per heavy atom. The van der Waals surface area contributed by atoms with Crippen LogP contribution in [0.4, 0.5) is 5.69 Å². The minimum Gasteiger partial charge on any atom is -0.339 e. The Morgan fingerprint density at radius 1 is 1.03 bits per heavy atom. The molecule has 5 rings (SSSR count). The number of carbonyl (C=O) groups is 1. The first kappa shape index (κ1) is 24.4. The molecule has 2 aromatic rings. The summed E-state index contributed by atoms with van der Waals surface area (Å²) in [5.41, 5.74) is 3.07. The number of halogens is 3. The average molecular weight is 507 g/mol. The van der Waals surface area contributed by atoms with E-state index >= 15 is 0 Å². The Bertz CT molecular complexity index is 1020. The molecule has 176 valence electrons. The molecule has 1 unspecified atom stereocenters. The molecule has 1 aliphatic carbocycles. The van der Waals surface area contributed by atoms with E-state index in [0.717, 1.165) is 60.9 Å². The summed E-state index contributed by atoms with van der Waals surface area (Å²) in [4.78, 5) is 20.4. The third-order valence-corrected chi connectivity index (χ3v) is 8.27. The van der Waals surface area contributed by atoms with Gasteiger partial charge in [-0.15, -0.1) is 19.0 Å². The van der Waals surface area contributed by atoms with Crippen molar-refractivity contribution in [2.75, 3.05) is 31.2 Å². The Kier molecular flexibility index (Phi) is 7.30. The minimum absolute atomic E-state index is 0. The summed E-state index contributed by atoms with van der Waals surface area (Å²) in [6.07, 6.45) is 6.47. The Balaban J connectivity index is 0.00000259. The minimum atomic E-state index is -0.464. The highest BCUT2D eigenvalue weighted by molar-refractivity contribution is 6.34. The predicted molar refractivity (Wildman–Crippen MR) is 139 cm³/mol. The first-order valence-corrected chi connectivity index (χ1v) is 12.2. The molecule has 0 aromatic heterocycles. The topological polar surface area (TPSA) is 26.8 Å². The fraction of sp³-hybridized carbons (Fsp3) is 0.423. The van der Waals surface area contributed by atoms with Gasteiger partial charge in [0.25, 0.3) is 0 Å². The molecule has 2 fully saturated rings. The number of hydrogen-bond donors (Lipinski definition) is 0. The highest BCUT2D eigenvalue weighted by atomic mass is 35.5. The van der Waals surface area contributed by atoms with Gasteiger partial charge in [0.2, 0.25) is 5.91 Å². The Labute approximate surface area is 212 Å². The second kappa shape index (κ2) is 9.87. The fourth-order valence-electron chi connectivity index (χ4n) is 5.84. The zero-order valence-electron chi connectivity index (χ0n) is 18.7. The summed E-state index contributed by atoms with van der Waals surface area (Å²) in [6.45, 7) is 6.89. The molecule has 2 heterocycles. The van der Waals surface area contributed by atoms with E-state index in [1.54, 1.807) is 0 Å². The molecule has 4 nitrogen and oxygen atoms in total. The SMILES string of the molecule is C=CCN1CN(c2ccccc2)C2(CCN(C3CCc4c(Cl)ccc(Cl)c4C3)CC2)C1=O.Cl. The summed E-state index contributed by atoms with van der Waals surface area (Å²) in [6, 6.07) is 14.6. The normalized spacial score (nSPS) is 22.2. The lowest BCUT2D eigenvalue weighted by atomic mass is 9.82. The number of fused-ring (bicyclic) bond motifs is 1. The van der Waals surface area contributed by atoms with Gasteiger partial charge in [-0.2, -0.15) is 0 Å². The van der Waals surface area contributed by atoms with Crippen molar-refractivity contribution in [2.45, 2.75) is 43.7 Å². The number of amides is 1. The molecule has 1 atom stereocenters. The number of nitrogens with zero attached hydrogens (tertiary/aromatic N) is 3. The van der Waals surface area contributed by atoms with Crippen LogP contribution in [0.3, 0.4) is 0 Å². The van der Waals surface area contributed by atoms with Gasteiger partial charge in [-0.1, -0.05) is 47.5 Å². The lowest BCUT2D eigenvalue weighted by molar-refractivity contribution is -0.133. The van der Waals surface area contributed by atoms with Gasteiger partial charge < -0.3 is 9.80 Å². The molecule has 2 aromatic carbocycles. The summed E-state index contributed by atoms with van der Waals surface area (Å²) in [5.74, 6) is 0.240. The van der Waals surface area contributed by atoms with Gasteiger partial charge in [-0.25, -0.2) is 0 Å². The summed E-state index contributed by atoms with van der Waals surface area (Å²) in [7, 11) is 0. The molecule has 7 heteroatoms. The van der Waals surface area contributed by atoms with E-state index in [4.69, 9.17) is 23.2 Å². The van der Waals surface area contributed by atoms with Gasteiger partial charge in [0.05, 0.1) is 6.67 Å². The number of para-hydroxylation sites is 1. The molecule has 33 heavy (non-hydrogen) atoms. The molecule has 0 radical (unpaired) electrons.